The summed E-state index contributed by atoms with van der Waals surface area (Å²) in [5, 5.41) is 10.9. The van der Waals surface area contributed by atoms with Gasteiger partial charge in [0.25, 0.3) is 5.91 Å². The van der Waals surface area contributed by atoms with Gasteiger partial charge in [0.15, 0.2) is 12.6 Å². The molecule has 3 aromatic rings. The van der Waals surface area contributed by atoms with Crippen LogP contribution in [0.4, 0.5) is 0 Å². The van der Waals surface area contributed by atoms with Crippen LogP contribution in [0.2, 0.25) is 0 Å². The monoisotopic (exact) mass is 548 g/mol. The molecule has 0 saturated carbocycles. The minimum atomic E-state index is -0.488. The number of aromatic nitrogens is 2. The molecule has 0 bridgehead atoms. The lowest BCUT2D eigenvalue weighted by Gasteiger charge is -2.12. The van der Waals surface area contributed by atoms with Crippen LogP contribution in [0.5, 0.6) is 5.75 Å². The van der Waals surface area contributed by atoms with Gasteiger partial charge in [-0.1, -0.05) is 24.3 Å². The maximum Gasteiger partial charge on any atom is 0.255 e. The Hall–Kier alpha value is -3.08. The Bertz CT molecular complexity index is 973. The molecule has 0 aliphatic heterocycles. The fourth-order valence-electron chi connectivity index (χ4n) is 3.01. The zero-order valence-electron chi connectivity index (χ0n) is 18.0. The molecule has 0 aliphatic carbocycles. The molecule has 2 aromatic carbocycles. The zero-order chi connectivity index (χ0) is 21.9. The Morgan fingerprint density at radius 1 is 1.03 bits per heavy atom. The molecule has 0 spiro atoms. The van der Waals surface area contributed by atoms with E-state index in [0.717, 1.165) is 43.1 Å². The summed E-state index contributed by atoms with van der Waals surface area (Å²) in [7, 11) is 1.76. The van der Waals surface area contributed by atoms with E-state index in [9.17, 15) is 4.79 Å². The molecule has 0 radical (unpaired) electrons. The maximum absolute atomic E-state index is 10.8. The summed E-state index contributed by atoms with van der Waals surface area (Å²) in [5.74, 6) is 0.915. The van der Waals surface area contributed by atoms with Crippen molar-refractivity contribution in [2.24, 2.45) is 10.7 Å². The summed E-state index contributed by atoms with van der Waals surface area (Å²) in [4.78, 5) is 15.0. The van der Waals surface area contributed by atoms with Gasteiger partial charge in [-0.15, -0.1) is 24.0 Å². The molecule has 0 unspecified atom stereocenters. The number of nitrogens with two attached hydrogens (primary N) is 1. The Balaban J connectivity index is 0.00000363. The maximum atomic E-state index is 10.8. The minimum absolute atomic E-state index is 0. The number of hydrogen-bond acceptors (Lipinski definition) is 4. The zero-order valence-corrected chi connectivity index (χ0v) is 20.4. The Morgan fingerprint density at radius 3 is 2.12 bits per heavy atom. The summed E-state index contributed by atoms with van der Waals surface area (Å²) in [6.07, 6.45) is 5.43. The fraction of sp³-hybridized carbons (Fsp3) is 0.261. The number of nitrogens with zero attached hydrogens (tertiary/aromatic N) is 3. The van der Waals surface area contributed by atoms with Gasteiger partial charge in [-0.25, -0.2) is 4.68 Å². The predicted octanol–water partition coefficient (Wildman–Crippen LogP) is 2.30. The highest BCUT2D eigenvalue weighted by Gasteiger charge is 2.02. The van der Waals surface area contributed by atoms with Gasteiger partial charge in [0.2, 0.25) is 0 Å². The molecule has 9 heteroatoms. The van der Waals surface area contributed by atoms with Gasteiger partial charge in [-0.2, -0.15) is 5.10 Å². The summed E-state index contributed by atoms with van der Waals surface area (Å²) in [5.41, 5.74) is 8.53. The van der Waals surface area contributed by atoms with E-state index in [4.69, 9.17) is 10.5 Å². The highest BCUT2D eigenvalue weighted by atomic mass is 127. The number of amides is 1. The smallest absolute Gasteiger partial charge is 0.255 e. The van der Waals surface area contributed by atoms with Crippen molar-refractivity contribution in [1.82, 2.24) is 20.4 Å². The van der Waals surface area contributed by atoms with Crippen LogP contribution in [0.25, 0.3) is 5.69 Å². The van der Waals surface area contributed by atoms with Crippen molar-refractivity contribution < 1.29 is 9.53 Å². The van der Waals surface area contributed by atoms with Crippen molar-refractivity contribution in [3.05, 3.63) is 78.1 Å². The lowest BCUT2D eigenvalue weighted by molar-refractivity contribution is -0.119. The number of primary amides is 1. The van der Waals surface area contributed by atoms with Crippen LogP contribution in [0.15, 0.2) is 72.0 Å². The second-order valence-electron chi connectivity index (χ2n) is 6.94. The number of carbonyl (C=O) groups excluding carboxylic acids is 1. The molecule has 0 saturated heterocycles. The third-order valence-corrected chi connectivity index (χ3v) is 4.65. The van der Waals surface area contributed by atoms with E-state index in [0.29, 0.717) is 5.75 Å². The highest BCUT2D eigenvalue weighted by molar-refractivity contribution is 14.0. The highest BCUT2D eigenvalue weighted by Crippen LogP contribution is 2.12. The van der Waals surface area contributed by atoms with Gasteiger partial charge in [0, 0.05) is 32.5 Å². The number of guanidine groups is 1. The van der Waals surface area contributed by atoms with Crippen LogP contribution >= 0.6 is 24.0 Å². The molecule has 3 rings (SSSR count). The summed E-state index contributed by atoms with van der Waals surface area (Å²) >= 11 is 0. The van der Waals surface area contributed by atoms with Crippen LogP contribution < -0.4 is 21.1 Å². The molecule has 32 heavy (non-hydrogen) atoms. The van der Waals surface area contributed by atoms with Crippen LogP contribution in [0.3, 0.4) is 0 Å². The Morgan fingerprint density at radius 2 is 1.62 bits per heavy atom. The second-order valence-corrected chi connectivity index (χ2v) is 6.94. The van der Waals surface area contributed by atoms with Gasteiger partial charge in [0.05, 0.1) is 5.69 Å². The van der Waals surface area contributed by atoms with Crippen molar-refractivity contribution in [3.63, 3.8) is 0 Å². The first-order valence-electron chi connectivity index (χ1n) is 10.2. The predicted molar refractivity (Wildman–Crippen MR) is 137 cm³/mol. The Kier molecular flexibility index (Phi) is 10.5. The van der Waals surface area contributed by atoms with E-state index >= 15 is 0 Å². The normalized spacial score (nSPS) is 10.8. The van der Waals surface area contributed by atoms with E-state index in [1.165, 1.54) is 5.56 Å². The van der Waals surface area contributed by atoms with Gasteiger partial charge in [-0.3, -0.25) is 9.79 Å². The van der Waals surface area contributed by atoms with Crippen LogP contribution in [-0.2, 0) is 17.6 Å². The summed E-state index contributed by atoms with van der Waals surface area (Å²) < 4.78 is 7.11. The molecule has 4 N–H and O–H groups in total. The van der Waals surface area contributed by atoms with E-state index in [2.05, 4.69) is 45.0 Å². The SMILES string of the molecule is CN=C(NCCc1ccc(OCC(N)=O)cc1)NCCc1ccc(-n2cccn2)cc1.I. The molecule has 8 nitrogen and oxygen atoms in total. The number of ether oxygens (including phenoxy) is 1. The number of rotatable bonds is 10. The van der Waals surface area contributed by atoms with Crippen molar-refractivity contribution in [1.29, 1.82) is 0 Å². The number of nitrogens with one attached hydrogen (secondary N) is 2. The van der Waals surface area contributed by atoms with Crippen molar-refractivity contribution in [2.75, 3.05) is 26.7 Å². The van der Waals surface area contributed by atoms with Crippen LogP contribution in [0, 0.1) is 0 Å². The number of halogens is 1. The topological polar surface area (TPSA) is 107 Å². The number of benzene rings is 2. The summed E-state index contributed by atoms with van der Waals surface area (Å²) in [6, 6.07) is 17.9. The van der Waals surface area contributed by atoms with Crippen molar-refractivity contribution in [2.45, 2.75) is 12.8 Å². The second kappa shape index (κ2) is 13.4. The average Bonchev–Trinajstić information content (AvgIpc) is 3.33. The third-order valence-electron chi connectivity index (χ3n) is 4.65. The first kappa shape index (κ1) is 25.2. The van der Waals surface area contributed by atoms with E-state index in [1.807, 2.05) is 41.2 Å². The standard InChI is InChI=1S/C23H28N6O2.HI/c1-25-23(27-15-12-19-5-9-21(10-6-19)31-17-22(24)30)26-14-11-18-3-7-20(8-4-18)29-16-2-13-28-29;/h2-10,13,16H,11-12,14-15,17H2,1H3,(H2,24,30)(H2,25,26,27);1H. The van der Waals surface area contributed by atoms with Gasteiger partial charge in [-0.05, 0) is 54.3 Å². The lowest BCUT2D eigenvalue weighted by Crippen LogP contribution is -2.39. The van der Waals surface area contributed by atoms with E-state index in [-0.39, 0.29) is 30.6 Å². The molecule has 0 atom stereocenters. The molecule has 1 aromatic heterocycles. The van der Waals surface area contributed by atoms with Crippen LogP contribution in [0.1, 0.15) is 11.1 Å². The van der Waals surface area contributed by atoms with Gasteiger partial charge < -0.3 is 21.1 Å². The Labute approximate surface area is 205 Å². The van der Waals surface area contributed by atoms with Crippen LogP contribution in [-0.4, -0.2) is 48.4 Å². The number of hydrogen-bond donors (Lipinski definition) is 3. The van der Waals surface area contributed by atoms with Gasteiger partial charge in [0.1, 0.15) is 5.75 Å². The summed E-state index contributed by atoms with van der Waals surface area (Å²) in [6.45, 7) is 1.42. The fourth-order valence-corrected chi connectivity index (χ4v) is 3.01. The molecular weight excluding hydrogens is 519 g/mol. The van der Waals surface area contributed by atoms with E-state index < -0.39 is 5.91 Å². The molecule has 0 aliphatic rings. The number of aliphatic imine (C=N–C) groups is 1. The lowest BCUT2D eigenvalue weighted by atomic mass is 10.1. The average molecular weight is 548 g/mol. The van der Waals surface area contributed by atoms with Crippen molar-refractivity contribution >= 4 is 35.8 Å². The van der Waals surface area contributed by atoms with Gasteiger partial charge >= 0.3 is 0 Å². The molecule has 1 amide bonds. The van der Waals surface area contributed by atoms with E-state index in [1.54, 1.807) is 13.2 Å². The third kappa shape index (κ3) is 8.22. The molecule has 0 fully saturated rings. The number of carbonyl (C=O) groups is 1. The minimum Gasteiger partial charge on any atom is -0.484 e. The largest absolute Gasteiger partial charge is 0.484 e. The van der Waals surface area contributed by atoms with Crippen molar-refractivity contribution in [3.8, 4) is 11.4 Å². The first-order valence-corrected chi connectivity index (χ1v) is 10.2. The molecule has 1 heterocycles. The first-order chi connectivity index (χ1) is 15.1. The molecule has 170 valence electrons. The molecular formula is C23H29IN6O2. The quantitative estimate of drug-likeness (QED) is 0.205.